The molecule has 19 heavy (non-hydrogen) atoms. The van der Waals surface area contributed by atoms with Crippen LogP contribution in [0.25, 0.3) is 0 Å². The van der Waals surface area contributed by atoms with Gasteiger partial charge in [-0.05, 0) is 31.7 Å². The average molecular weight is 271 g/mol. The highest BCUT2D eigenvalue weighted by molar-refractivity contribution is 5.84. The standard InChI is InChI=1S/C15H33N3O/c1-7-17-15(6,14(16)19)8-9-18(10-12(2)3)11-13(4)5/h12-13,17H,7-11H2,1-6H3,(H2,16,19). The minimum atomic E-state index is -0.596. The van der Waals surface area contributed by atoms with E-state index in [-0.39, 0.29) is 5.91 Å². The summed E-state index contributed by atoms with van der Waals surface area (Å²) in [6, 6.07) is 0. The average Bonchev–Trinajstić information content (AvgIpc) is 2.24. The van der Waals surface area contributed by atoms with Gasteiger partial charge in [0, 0.05) is 19.6 Å². The molecular weight excluding hydrogens is 238 g/mol. The highest BCUT2D eigenvalue weighted by atomic mass is 16.1. The summed E-state index contributed by atoms with van der Waals surface area (Å²) in [4.78, 5) is 14.0. The molecule has 0 radical (unpaired) electrons. The van der Waals surface area contributed by atoms with E-state index in [9.17, 15) is 4.79 Å². The third kappa shape index (κ3) is 7.53. The van der Waals surface area contributed by atoms with E-state index in [0.717, 1.165) is 32.6 Å². The van der Waals surface area contributed by atoms with Gasteiger partial charge in [-0.25, -0.2) is 0 Å². The minimum absolute atomic E-state index is 0.261. The normalized spacial score (nSPS) is 15.2. The van der Waals surface area contributed by atoms with E-state index in [0.29, 0.717) is 11.8 Å². The van der Waals surface area contributed by atoms with Gasteiger partial charge in [0.15, 0.2) is 0 Å². The third-order valence-corrected chi connectivity index (χ3v) is 3.29. The Labute approximate surface area is 119 Å². The Kier molecular flexibility index (Phi) is 8.26. The second-order valence-corrected chi connectivity index (χ2v) is 6.52. The van der Waals surface area contributed by atoms with Gasteiger partial charge in [0.25, 0.3) is 0 Å². The molecule has 0 aromatic rings. The number of nitrogens with two attached hydrogens (primary N) is 1. The minimum Gasteiger partial charge on any atom is -0.368 e. The zero-order valence-corrected chi connectivity index (χ0v) is 13.6. The summed E-state index contributed by atoms with van der Waals surface area (Å²) in [5.41, 5.74) is 4.93. The fourth-order valence-corrected chi connectivity index (χ4v) is 2.36. The number of primary amides is 1. The van der Waals surface area contributed by atoms with E-state index in [1.54, 1.807) is 0 Å². The first-order valence-corrected chi connectivity index (χ1v) is 7.48. The monoisotopic (exact) mass is 271 g/mol. The molecule has 4 heteroatoms. The molecule has 0 rings (SSSR count). The molecule has 0 saturated heterocycles. The molecule has 3 N–H and O–H groups in total. The summed E-state index contributed by atoms with van der Waals surface area (Å²) < 4.78 is 0. The van der Waals surface area contributed by atoms with Crippen LogP contribution in [-0.2, 0) is 4.79 Å². The molecule has 1 amide bonds. The fraction of sp³-hybridized carbons (Fsp3) is 0.933. The van der Waals surface area contributed by atoms with E-state index >= 15 is 0 Å². The van der Waals surface area contributed by atoms with Gasteiger partial charge in [0.2, 0.25) is 5.91 Å². The van der Waals surface area contributed by atoms with Crippen molar-refractivity contribution < 1.29 is 4.79 Å². The van der Waals surface area contributed by atoms with Crippen LogP contribution in [-0.4, -0.2) is 42.5 Å². The Morgan fingerprint density at radius 3 is 2.00 bits per heavy atom. The van der Waals surface area contributed by atoms with Crippen LogP contribution in [0.3, 0.4) is 0 Å². The highest BCUT2D eigenvalue weighted by Gasteiger charge is 2.30. The Hall–Kier alpha value is -0.610. The Morgan fingerprint density at radius 2 is 1.68 bits per heavy atom. The van der Waals surface area contributed by atoms with Crippen LogP contribution in [0.15, 0.2) is 0 Å². The number of carbonyl (C=O) groups excluding carboxylic acids is 1. The van der Waals surface area contributed by atoms with Crippen LogP contribution in [0, 0.1) is 11.8 Å². The number of nitrogens with one attached hydrogen (secondary N) is 1. The SMILES string of the molecule is CCNC(C)(CCN(CC(C)C)CC(C)C)C(N)=O. The smallest absolute Gasteiger partial charge is 0.237 e. The Morgan fingerprint density at radius 1 is 1.21 bits per heavy atom. The number of nitrogens with zero attached hydrogens (tertiary/aromatic N) is 1. The van der Waals surface area contributed by atoms with Crippen molar-refractivity contribution in [2.24, 2.45) is 17.6 Å². The van der Waals surface area contributed by atoms with Crippen LogP contribution in [0.4, 0.5) is 0 Å². The highest BCUT2D eigenvalue weighted by Crippen LogP contribution is 2.12. The maximum absolute atomic E-state index is 11.6. The Bertz CT molecular complexity index is 256. The zero-order chi connectivity index (χ0) is 15.1. The van der Waals surface area contributed by atoms with E-state index in [2.05, 4.69) is 37.9 Å². The summed E-state index contributed by atoms with van der Waals surface area (Å²) in [7, 11) is 0. The lowest BCUT2D eigenvalue weighted by Gasteiger charge is -2.32. The first kappa shape index (κ1) is 18.4. The quantitative estimate of drug-likeness (QED) is 0.637. The molecule has 0 heterocycles. The van der Waals surface area contributed by atoms with Gasteiger partial charge in [0.1, 0.15) is 0 Å². The lowest BCUT2D eigenvalue weighted by Crippen LogP contribution is -2.54. The summed E-state index contributed by atoms with van der Waals surface area (Å²) in [5, 5.41) is 3.22. The van der Waals surface area contributed by atoms with E-state index < -0.39 is 5.54 Å². The summed E-state index contributed by atoms with van der Waals surface area (Å²) in [6.07, 6.45) is 0.760. The van der Waals surface area contributed by atoms with Crippen molar-refractivity contribution >= 4 is 5.91 Å². The predicted molar refractivity (Wildman–Crippen MR) is 82.0 cm³/mol. The zero-order valence-electron chi connectivity index (χ0n) is 13.6. The van der Waals surface area contributed by atoms with Crippen molar-refractivity contribution in [3.05, 3.63) is 0 Å². The molecule has 1 atom stereocenters. The van der Waals surface area contributed by atoms with Crippen LogP contribution < -0.4 is 11.1 Å². The molecule has 0 aromatic heterocycles. The van der Waals surface area contributed by atoms with E-state index in [4.69, 9.17) is 5.73 Å². The second kappa shape index (κ2) is 8.54. The molecule has 0 bridgehead atoms. The predicted octanol–water partition coefficient (Wildman–Crippen LogP) is 1.84. The Balaban J connectivity index is 4.52. The van der Waals surface area contributed by atoms with Gasteiger partial charge in [-0.1, -0.05) is 34.6 Å². The first-order valence-electron chi connectivity index (χ1n) is 7.48. The third-order valence-electron chi connectivity index (χ3n) is 3.29. The maximum Gasteiger partial charge on any atom is 0.237 e. The largest absolute Gasteiger partial charge is 0.368 e. The van der Waals surface area contributed by atoms with Gasteiger partial charge in [0.05, 0.1) is 5.54 Å². The van der Waals surface area contributed by atoms with E-state index in [1.807, 2.05) is 13.8 Å². The molecular formula is C15H33N3O. The van der Waals surface area contributed by atoms with Crippen LogP contribution >= 0.6 is 0 Å². The van der Waals surface area contributed by atoms with Crippen molar-refractivity contribution in [2.75, 3.05) is 26.2 Å². The molecule has 0 aliphatic carbocycles. The van der Waals surface area contributed by atoms with E-state index in [1.165, 1.54) is 0 Å². The number of rotatable bonds is 10. The summed E-state index contributed by atoms with van der Waals surface area (Å²) in [6.45, 7) is 16.6. The number of hydrogen-bond acceptors (Lipinski definition) is 3. The van der Waals surface area contributed by atoms with Gasteiger partial charge in [-0.15, -0.1) is 0 Å². The van der Waals surface area contributed by atoms with Crippen molar-refractivity contribution in [3.8, 4) is 0 Å². The lowest BCUT2D eigenvalue weighted by molar-refractivity contribution is -0.124. The van der Waals surface area contributed by atoms with Crippen LogP contribution in [0.2, 0.25) is 0 Å². The van der Waals surface area contributed by atoms with Crippen LogP contribution in [0.1, 0.15) is 48.0 Å². The number of amides is 1. The molecule has 0 aromatic carbocycles. The molecule has 0 spiro atoms. The molecule has 4 nitrogen and oxygen atoms in total. The number of likely N-dealkylation sites (N-methyl/N-ethyl adjacent to an activating group) is 1. The van der Waals surface area contributed by atoms with Crippen molar-refractivity contribution in [1.82, 2.24) is 10.2 Å². The van der Waals surface area contributed by atoms with Gasteiger partial charge in [-0.3, -0.25) is 4.79 Å². The lowest BCUT2D eigenvalue weighted by atomic mass is 9.96. The summed E-state index contributed by atoms with van der Waals surface area (Å²) in [5.74, 6) is 1.01. The van der Waals surface area contributed by atoms with Crippen molar-refractivity contribution in [3.63, 3.8) is 0 Å². The molecule has 114 valence electrons. The summed E-state index contributed by atoms with van der Waals surface area (Å²) >= 11 is 0. The molecule has 0 saturated carbocycles. The molecule has 1 unspecified atom stereocenters. The van der Waals surface area contributed by atoms with Gasteiger partial charge in [-0.2, -0.15) is 0 Å². The van der Waals surface area contributed by atoms with Crippen molar-refractivity contribution in [1.29, 1.82) is 0 Å². The van der Waals surface area contributed by atoms with Crippen molar-refractivity contribution in [2.45, 2.75) is 53.5 Å². The molecule has 0 aliphatic rings. The first-order chi connectivity index (χ1) is 8.71. The topological polar surface area (TPSA) is 58.4 Å². The van der Waals surface area contributed by atoms with Gasteiger partial charge < -0.3 is 16.0 Å². The fourth-order valence-electron chi connectivity index (χ4n) is 2.36. The molecule has 0 aliphatic heterocycles. The maximum atomic E-state index is 11.6. The molecule has 0 fully saturated rings. The number of hydrogen-bond donors (Lipinski definition) is 2. The van der Waals surface area contributed by atoms with Gasteiger partial charge >= 0.3 is 0 Å². The number of carbonyl (C=O) groups is 1. The van der Waals surface area contributed by atoms with Crippen LogP contribution in [0.5, 0.6) is 0 Å². The second-order valence-electron chi connectivity index (χ2n) is 6.52.